The molecular weight excluding hydrogens is 328 g/mol. The minimum atomic E-state index is 0.680. The fourth-order valence-corrected chi connectivity index (χ4v) is 2.77. The van der Waals surface area contributed by atoms with Gasteiger partial charge in [-0.15, -0.1) is 5.10 Å². The van der Waals surface area contributed by atoms with Crippen molar-refractivity contribution in [3.05, 3.63) is 60.8 Å². The summed E-state index contributed by atoms with van der Waals surface area (Å²) in [6, 6.07) is 13.9. The van der Waals surface area contributed by atoms with Gasteiger partial charge in [-0.1, -0.05) is 6.07 Å². The van der Waals surface area contributed by atoms with Crippen molar-refractivity contribution in [2.24, 2.45) is 0 Å². The third-order valence-corrected chi connectivity index (χ3v) is 4.18. The van der Waals surface area contributed by atoms with E-state index in [0.29, 0.717) is 6.61 Å². The highest BCUT2D eigenvalue weighted by Crippen LogP contribution is 2.21. The average Bonchev–Trinajstić information content (AvgIpc) is 3.32. The van der Waals surface area contributed by atoms with E-state index >= 15 is 0 Å². The summed E-state index contributed by atoms with van der Waals surface area (Å²) in [4.78, 5) is 8.51. The summed E-state index contributed by atoms with van der Waals surface area (Å²) in [5.41, 5.74) is 2.89. The molecule has 0 saturated carbocycles. The zero-order chi connectivity index (χ0) is 17.8. The fraction of sp³-hybridized carbons (Fsp3) is 0.263. The van der Waals surface area contributed by atoms with Crippen LogP contribution in [-0.2, 0) is 6.54 Å². The molecule has 132 valence electrons. The quantitative estimate of drug-likeness (QED) is 0.480. The smallest absolute Gasteiger partial charge is 0.182 e. The molecule has 0 N–H and O–H groups in total. The van der Waals surface area contributed by atoms with Crippen LogP contribution in [-0.4, -0.2) is 36.0 Å². The molecule has 0 bridgehead atoms. The van der Waals surface area contributed by atoms with Crippen LogP contribution in [0.3, 0.4) is 0 Å². The fourth-order valence-electron chi connectivity index (χ4n) is 2.77. The van der Waals surface area contributed by atoms with Crippen LogP contribution in [0, 0.1) is 6.92 Å². The lowest BCUT2D eigenvalue weighted by Gasteiger charge is -2.06. The van der Waals surface area contributed by atoms with Gasteiger partial charge in [0, 0.05) is 17.8 Å². The maximum absolute atomic E-state index is 5.80. The molecule has 0 unspecified atom stereocenters. The molecule has 26 heavy (non-hydrogen) atoms. The molecule has 4 rings (SSSR count). The largest absolute Gasteiger partial charge is 0.494 e. The first-order valence-corrected chi connectivity index (χ1v) is 8.68. The van der Waals surface area contributed by atoms with Crippen molar-refractivity contribution in [1.82, 2.24) is 29.4 Å². The molecule has 7 nitrogen and oxygen atoms in total. The molecule has 0 spiro atoms. The summed E-state index contributed by atoms with van der Waals surface area (Å²) in [6.07, 6.45) is 5.26. The van der Waals surface area contributed by atoms with Crippen molar-refractivity contribution in [3.63, 3.8) is 0 Å². The van der Waals surface area contributed by atoms with Gasteiger partial charge in [-0.25, -0.2) is 14.5 Å². The van der Waals surface area contributed by atoms with Crippen LogP contribution in [0.1, 0.15) is 18.5 Å². The Morgan fingerprint density at radius 3 is 2.69 bits per heavy atom. The topological polar surface area (TPSA) is 70.1 Å². The molecule has 0 aliphatic carbocycles. The summed E-state index contributed by atoms with van der Waals surface area (Å²) in [5, 5.41) is 8.66. The minimum absolute atomic E-state index is 0.680. The Kier molecular flexibility index (Phi) is 4.59. The molecule has 0 amide bonds. The van der Waals surface area contributed by atoms with Gasteiger partial charge in [-0.05, 0) is 56.2 Å². The number of aromatic nitrogens is 6. The van der Waals surface area contributed by atoms with E-state index in [0.717, 1.165) is 47.9 Å². The van der Waals surface area contributed by atoms with E-state index in [4.69, 9.17) is 4.74 Å². The van der Waals surface area contributed by atoms with Gasteiger partial charge in [-0.2, -0.15) is 5.10 Å². The standard InChI is InChI=1S/C19H20N6O/c1-15-5-4-6-18-22-19(23-25(15)18)16-7-9-17(10-8-16)26-12-3-2-11-24-14-20-13-21-24/h4-10,13-14H,2-3,11-12H2,1H3. The first-order chi connectivity index (χ1) is 12.8. The molecule has 3 heterocycles. The van der Waals surface area contributed by atoms with Crippen LogP contribution in [0.2, 0.25) is 0 Å². The number of hydrogen-bond acceptors (Lipinski definition) is 5. The van der Waals surface area contributed by atoms with E-state index in [1.54, 1.807) is 12.7 Å². The van der Waals surface area contributed by atoms with E-state index in [1.807, 2.05) is 58.6 Å². The number of hydrogen-bond donors (Lipinski definition) is 0. The van der Waals surface area contributed by atoms with Crippen molar-refractivity contribution >= 4 is 5.65 Å². The first kappa shape index (κ1) is 16.3. The van der Waals surface area contributed by atoms with E-state index < -0.39 is 0 Å². The normalized spacial score (nSPS) is 11.1. The van der Waals surface area contributed by atoms with Gasteiger partial charge in [-0.3, -0.25) is 4.68 Å². The van der Waals surface area contributed by atoms with Gasteiger partial charge >= 0.3 is 0 Å². The number of aryl methyl sites for hydroxylation is 2. The van der Waals surface area contributed by atoms with E-state index in [9.17, 15) is 0 Å². The van der Waals surface area contributed by atoms with Crippen LogP contribution >= 0.6 is 0 Å². The number of pyridine rings is 1. The molecule has 0 aliphatic rings. The SMILES string of the molecule is Cc1cccc2nc(-c3ccc(OCCCCn4cncn4)cc3)nn12. The van der Waals surface area contributed by atoms with Crippen molar-refractivity contribution in [1.29, 1.82) is 0 Å². The van der Waals surface area contributed by atoms with Crippen molar-refractivity contribution in [3.8, 4) is 17.1 Å². The number of unbranched alkanes of at least 4 members (excludes halogenated alkanes) is 1. The predicted octanol–water partition coefficient (Wildman–Crippen LogP) is 3.16. The van der Waals surface area contributed by atoms with Crippen LogP contribution in [0.5, 0.6) is 5.75 Å². The summed E-state index contributed by atoms with van der Waals surface area (Å²) in [6.45, 7) is 3.56. The second-order valence-corrected chi connectivity index (χ2v) is 6.11. The van der Waals surface area contributed by atoms with Crippen molar-refractivity contribution < 1.29 is 4.74 Å². The highest BCUT2D eigenvalue weighted by Gasteiger charge is 2.07. The number of benzene rings is 1. The van der Waals surface area contributed by atoms with E-state index in [-0.39, 0.29) is 0 Å². The number of rotatable bonds is 7. The number of fused-ring (bicyclic) bond motifs is 1. The Hall–Kier alpha value is -3.22. The first-order valence-electron chi connectivity index (χ1n) is 8.68. The van der Waals surface area contributed by atoms with Gasteiger partial charge in [0.25, 0.3) is 0 Å². The highest BCUT2D eigenvalue weighted by atomic mass is 16.5. The molecule has 0 aliphatic heterocycles. The lowest BCUT2D eigenvalue weighted by atomic mass is 10.2. The zero-order valence-corrected chi connectivity index (χ0v) is 14.6. The van der Waals surface area contributed by atoms with Crippen molar-refractivity contribution in [2.75, 3.05) is 6.61 Å². The summed E-state index contributed by atoms with van der Waals surface area (Å²) in [7, 11) is 0. The monoisotopic (exact) mass is 348 g/mol. The Morgan fingerprint density at radius 1 is 1.04 bits per heavy atom. The maximum atomic E-state index is 5.80. The van der Waals surface area contributed by atoms with Crippen LogP contribution < -0.4 is 4.74 Å². The van der Waals surface area contributed by atoms with E-state index in [1.165, 1.54) is 0 Å². The second-order valence-electron chi connectivity index (χ2n) is 6.11. The van der Waals surface area contributed by atoms with Gasteiger partial charge in [0.1, 0.15) is 18.4 Å². The molecular formula is C19H20N6O. The lowest BCUT2D eigenvalue weighted by molar-refractivity contribution is 0.302. The molecule has 3 aromatic heterocycles. The second kappa shape index (κ2) is 7.35. The number of nitrogens with zero attached hydrogens (tertiary/aromatic N) is 6. The average molecular weight is 348 g/mol. The third-order valence-electron chi connectivity index (χ3n) is 4.18. The minimum Gasteiger partial charge on any atom is -0.494 e. The Labute approximate surface area is 151 Å². The van der Waals surface area contributed by atoms with Crippen LogP contribution in [0.15, 0.2) is 55.1 Å². The van der Waals surface area contributed by atoms with Gasteiger partial charge < -0.3 is 4.74 Å². The molecule has 0 radical (unpaired) electrons. The van der Waals surface area contributed by atoms with Gasteiger partial charge in [0.15, 0.2) is 11.5 Å². The summed E-state index contributed by atoms with van der Waals surface area (Å²) < 4.78 is 9.49. The van der Waals surface area contributed by atoms with Crippen LogP contribution in [0.25, 0.3) is 17.0 Å². The molecule has 1 aromatic carbocycles. The Bertz CT molecular complexity index is 975. The molecule has 0 fully saturated rings. The van der Waals surface area contributed by atoms with Gasteiger partial charge in [0.05, 0.1) is 6.61 Å². The van der Waals surface area contributed by atoms with Crippen molar-refractivity contribution in [2.45, 2.75) is 26.3 Å². The Morgan fingerprint density at radius 2 is 1.92 bits per heavy atom. The lowest BCUT2D eigenvalue weighted by Crippen LogP contribution is -2.02. The zero-order valence-electron chi connectivity index (χ0n) is 14.6. The predicted molar refractivity (Wildman–Crippen MR) is 97.9 cm³/mol. The molecule has 0 atom stereocenters. The third kappa shape index (κ3) is 3.56. The van der Waals surface area contributed by atoms with E-state index in [2.05, 4.69) is 20.2 Å². The number of ether oxygens (including phenoxy) is 1. The highest BCUT2D eigenvalue weighted by molar-refractivity contribution is 5.59. The molecule has 0 saturated heterocycles. The van der Waals surface area contributed by atoms with Gasteiger partial charge in [0.2, 0.25) is 0 Å². The molecule has 7 heteroatoms. The summed E-state index contributed by atoms with van der Waals surface area (Å²) in [5.74, 6) is 1.58. The van der Waals surface area contributed by atoms with Crippen LogP contribution in [0.4, 0.5) is 0 Å². The Balaban J connectivity index is 1.33. The molecule has 4 aromatic rings. The maximum Gasteiger partial charge on any atom is 0.182 e. The summed E-state index contributed by atoms with van der Waals surface area (Å²) >= 11 is 0.